The van der Waals surface area contributed by atoms with Gasteiger partial charge in [-0.05, 0) is 43.2 Å². The quantitative estimate of drug-likeness (QED) is 0.572. The van der Waals surface area contributed by atoms with Crippen LogP contribution < -0.4 is 10.2 Å². The van der Waals surface area contributed by atoms with E-state index in [1.165, 1.54) is 0 Å². The average Bonchev–Trinajstić information content (AvgIpc) is 3.01. The van der Waals surface area contributed by atoms with Gasteiger partial charge in [-0.3, -0.25) is 9.59 Å². The van der Waals surface area contributed by atoms with Gasteiger partial charge in [0.15, 0.2) is 5.43 Å². The minimum absolute atomic E-state index is 0.123. The van der Waals surface area contributed by atoms with Crippen LogP contribution >= 0.6 is 0 Å². The molecule has 2 heterocycles. The van der Waals surface area contributed by atoms with E-state index in [9.17, 15) is 9.59 Å². The molecule has 0 N–H and O–H groups in total. The van der Waals surface area contributed by atoms with E-state index in [2.05, 4.69) is 0 Å². The molecule has 6 heteroatoms. The van der Waals surface area contributed by atoms with Crippen molar-refractivity contribution >= 4 is 16.9 Å². The Balaban J connectivity index is 1.88. The highest BCUT2D eigenvalue weighted by Crippen LogP contribution is 2.39. The molecule has 29 heavy (non-hydrogen) atoms. The van der Waals surface area contributed by atoms with Gasteiger partial charge in [0, 0.05) is 20.3 Å². The third-order valence-electron chi connectivity index (χ3n) is 5.11. The van der Waals surface area contributed by atoms with Crippen LogP contribution in [0.5, 0.6) is 5.75 Å². The minimum atomic E-state index is -0.518. The smallest absolute Gasteiger partial charge is 0.290 e. The van der Waals surface area contributed by atoms with Gasteiger partial charge in [0.1, 0.15) is 11.3 Å². The Morgan fingerprint density at radius 1 is 1.10 bits per heavy atom. The van der Waals surface area contributed by atoms with Crippen LogP contribution in [0.25, 0.3) is 11.0 Å². The summed E-state index contributed by atoms with van der Waals surface area (Å²) in [6.45, 7) is 3.43. The second-order valence-electron chi connectivity index (χ2n) is 6.92. The topological polar surface area (TPSA) is 69.0 Å². The van der Waals surface area contributed by atoms with Gasteiger partial charge in [-0.25, -0.2) is 0 Å². The molecule has 0 radical (unpaired) electrons. The van der Waals surface area contributed by atoms with E-state index in [1.807, 2.05) is 31.2 Å². The zero-order valence-electron chi connectivity index (χ0n) is 16.5. The Hall–Kier alpha value is -3.12. The first-order valence-electron chi connectivity index (χ1n) is 9.74. The van der Waals surface area contributed by atoms with Gasteiger partial charge in [-0.2, -0.15) is 0 Å². The summed E-state index contributed by atoms with van der Waals surface area (Å²) in [6, 6.07) is 14.0. The molecule has 4 rings (SSSR count). The lowest BCUT2D eigenvalue weighted by atomic mass is 9.98. The molecule has 1 amide bonds. The Bertz CT molecular complexity index is 1100. The number of carbonyl (C=O) groups excluding carboxylic acids is 1. The first kappa shape index (κ1) is 19.2. The van der Waals surface area contributed by atoms with E-state index >= 15 is 0 Å². The summed E-state index contributed by atoms with van der Waals surface area (Å²) in [4.78, 5) is 28.2. The zero-order chi connectivity index (χ0) is 20.4. The molecule has 0 fully saturated rings. The van der Waals surface area contributed by atoms with E-state index < -0.39 is 6.04 Å². The predicted octanol–water partition coefficient (Wildman–Crippen LogP) is 3.77. The van der Waals surface area contributed by atoms with Crippen molar-refractivity contribution in [2.75, 3.05) is 26.9 Å². The number of hydrogen-bond acceptors (Lipinski definition) is 5. The SMILES string of the molecule is CCOc1cccc(C2c3c(oc4ccccc4c3=O)C(=O)N2CCCOC)c1. The number of ether oxygens (including phenoxy) is 2. The molecule has 3 aromatic rings. The normalized spacial score (nSPS) is 15.7. The van der Waals surface area contributed by atoms with Gasteiger partial charge >= 0.3 is 0 Å². The minimum Gasteiger partial charge on any atom is -0.494 e. The molecule has 1 aliphatic rings. The largest absolute Gasteiger partial charge is 0.494 e. The fraction of sp³-hybridized carbons (Fsp3) is 0.304. The maximum Gasteiger partial charge on any atom is 0.290 e. The van der Waals surface area contributed by atoms with Crippen LogP contribution in [-0.4, -0.2) is 37.7 Å². The van der Waals surface area contributed by atoms with Gasteiger partial charge in [-0.15, -0.1) is 0 Å². The Morgan fingerprint density at radius 2 is 1.93 bits per heavy atom. The summed E-state index contributed by atoms with van der Waals surface area (Å²) in [5.41, 5.74) is 1.46. The summed E-state index contributed by atoms with van der Waals surface area (Å²) in [5.74, 6) is 0.552. The molecule has 0 aliphatic carbocycles. The Labute approximate surface area is 168 Å². The molecule has 0 spiro atoms. The summed E-state index contributed by atoms with van der Waals surface area (Å²) >= 11 is 0. The van der Waals surface area contributed by atoms with Gasteiger partial charge in [-0.1, -0.05) is 24.3 Å². The zero-order valence-corrected chi connectivity index (χ0v) is 16.5. The van der Waals surface area contributed by atoms with Gasteiger partial charge in [0.05, 0.1) is 23.6 Å². The highest BCUT2D eigenvalue weighted by molar-refractivity contribution is 5.99. The number of benzene rings is 2. The molecular formula is C23H23NO5. The van der Waals surface area contributed by atoms with Crippen molar-refractivity contribution in [3.63, 3.8) is 0 Å². The number of nitrogens with zero attached hydrogens (tertiary/aromatic N) is 1. The molecule has 1 aliphatic heterocycles. The molecule has 1 atom stereocenters. The monoisotopic (exact) mass is 393 g/mol. The molecule has 0 saturated heterocycles. The number of hydrogen-bond donors (Lipinski definition) is 0. The second-order valence-corrected chi connectivity index (χ2v) is 6.92. The summed E-state index contributed by atoms with van der Waals surface area (Å²) in [5, 5.41) is 0.476. The van der Waals surface area contributed by atoms with Crippen LogP contribution in [0, 0.1) is 0 Å². The molecule has 2 aromatic carbocycles. The second kappa shape index (κ2) is 8.09. The molecule has 6 nitrogen and oxygen atoms in total. The molecule has 1 aromatic heterocycles. The van der Waals surface area contributed by atoms with Crippen LogP contribution in [0.4, 0.5) is 0 Å². The maximum absolute atomic E-state index is 13.3. The van der Waals surface area contributed by atoms with Crippen molar-refractivity contribution in [2.45, 2.75) is 19.4 Å². The lowest BCUT2D eigenvalue weighted by Gasteiger charge is -2.25. The number of rotatable bonds is 7. The first-order chi connectivity index (χ1) is 14.2. The van der Waals surface area contributed by atoms with E-state index in [1.54, 1.807) is 36.3 Å². The van der Waals surface area contributed by atoms with Gasteiger partial charge in [0.25, 0.3) is 5.91 Å². The van der Waals surface area contributed by atoms with E-state index in [4.69, 9.17) is 13.9 Å². The Morgan fingerprint density at radius 3 is 2.72 bits per heavy atom. The van der Waals surface area contributed by atoms with E-state index in [0.717, 1.165) is 5.56 Å². The lowest BCUT2D eigenvalue weighted by Crippen LogP contribution is -2.31. The summed E-state index contributed by atoms with van der Waals surface area (Å²) in [7, 11) is 1.63. The average molecular weight is 393 g/mol. The number of fused-ring (bicyclic) bond motifs is 2. The van der Waals surface area contributed by atoms with Crippen LogP contribution in [0.2, 0.25) is 0 Å². The number of para-hydroxylation sites is 1. The molecule has 0 saturated carbocycles. The predicted molar refractivity (Wildman–Crippen MR) is 109 cm³/mol. The third kappa shape index (κ3) is 3.40. The van der Waals surface area contributed by atoms with Crippen LogP contribution in [0.15, 0.2) is 57.7 Å². The van der Waals surface area contributed by atoms with Crippen molar-refractivity contribution in [2.24, 2.45) is 0 Å². The van der Waals surface area contributed by atoms with Crippen molar-refractivity contribution in [1.82, 2.24) is 4.90 Å². The van der Waals surface area contributed by atoms with E-state index in [0.29, 0.717) is 48.5 Å². The van der Waals surface area contributed by atoms with Crippen LogP contribution in [-0.2, 0) is 4.74 Å². The van der Waals surface area contributed by atoms with Crippen LogP contribution in [0.1, 0.15) is 41.1 Å². The molecule has 0 bridgehead atoms. The molecular weight excluding hydrogens is 370 g/mol. The molecule has 150 valence electrons. The molecule has 1 unspecified atom stereocenters. The Kier molecular flexibility index (Phi) is 5.36. The standard InChI is InChI=1S/C23H23NO5/c1-3-28-16-9-6-8-15(14-16)20-19-21(25)17-10-4-5-11-18(17)29-22(19)23(26)24(20)12-7-13-27-2/h4-6,8-11,14,20H,3,7,12-13H2,1-2H3. The van der Waals surface area contributed by atoms with E-state index in [-0.39, 0.29) is 17.1 Å². The first-order valence-corrected chi connectivity index (χ1v) is 9.74. The van der Waals surface area contributed by atoms with Gasteiger partial charge < -0.3 is 18.8 Å². The fourth-order valence-corrected chi connectivity index (χ4v) is 3.86. The highest BCUT2D eigenvalue weighted by atomic mass is 16.5. The summed E-state index contributed by atoms with van der Waals surface area (Å²) in [6.07, 6.45) is 0.658. The number of methoxy groups -OCH3 is 1. The van der Waals surface area contributed by atoms with Crippen molar-refractivity contribution in [1.29, 1.82) is 0 Å². The van der Waals surface area contributed by atoms with Crippen molar-refractivity contribution in [3.8, 4) is 5.75 Å². The number of carbonyl (C=O) groups is 1. The summed E-state index contributed by atoms with van der Waals surface area (Å²) < 4.78 is 16.7. The van der Waals surface area contributed by atoms with Crippen LogP contribution in [0.3, 0.4) is 0 Å². The number of amides is 1. The van der Waals surface area contributed by atoms with Crippen molar-refractivity contribution in [3.05, 3.63) is 75.6 Å². The lowest BCUT2D eigenvalue weighted by molar-refractivity contribution is 0.0707. The van der Waals surface area contributed by atoms with Crippen molar-refractivity contribution < 1.29 is 18.7 Å². The maximum atomic E-state index is 13.3. The third-order valence-corrected chi connectivity index (χ3v) is 5.11. The van der Waals surface area contributed by atoms with Gasteiger partial charge in [0.2, 0.25) is 5.76 Å². The highest BCUT2D eigenvalue weighted by Gasteiger charge is 2.42. The fourth-order valence-electron chi connectivity index (χ4n) is 3.86.